The first-order valence-corrected chi connectivity index (χ1v) is 7.07. The number of nitrogens with one attached hydrogen (secondary N) is 1. The predicted octanol–water partition coefficient (Wildman–Crippen LogP) is 2.30. The fraction of sp³-hybridized carbons (Fsp3) is 0.533. The lowest BCUT2D eigenvalue weighted by Gasteiger charge is -2.19. The summed E-state index contributed by atoms with van der Waals surface area (Å²) < 4.78 is 0. The fourth-order valence-corrected chi connectivity index (χ4v) is 3.14. The number of carbonyl (C=O) groups excluding carboxylic acids is 1. The molecule has 1 fully saturated rings. The van der Waals surface area contributed by atoms with Crippen molar-refractivity contribution in [2.45, 2.75) is 32.3 Å². The molecule has 2 atom stereocenters. The van der Waals surface area contributed by atoms with Gasteiger partial charge in [-0.05, 0) is 30.9 Å². The van der Waals surface area contributed by atoms with Gasteiger partial charge in [-0.25, -0.2) is 0 Å². The summed E-state index contributed by atoms with van der Waals surface area (Å²) in [7, 11) is 0. The molecule has 1 amide bonds. The van der Waals surface area contributed by atoms with Crippen LogP contribution in [0.1, 0.15) is 37.9 Å². The monoisotopic (exact) mass is 260 g/mol. The molecule has 4 nitrogen and oxygen atoms in total. The highest BCUT2D eigenvalue weighted by Gasteiger charge is 2.29. The van der Waals surface area contributed by atoms with E-state index in [1.165, 1.54) is 19.3 Å². The largest absolute Gasteiger partial charge is 0.378 e. The van der Waals surface area contributed by atoms with E-state index in [2.05, 4.69) is 17.1 Å². The van der Waals surface area contributed by atoms with Gasteiger partial charge in [0.25, 0.3) is 5.91 Å². The first-order chi connectivity index (χ1) is 9.19. The second kappa shape index (κ2) is 4.85. The van der Waals surface area contributed by atoms with E-state index >= 15 is 0 Å². The van der Waals surface area contributed by atoms with Gasteiger partial charge < -0.3 is 15.3 Å². The number of hydrogen-bond acceptors (Lipinski definition) is 3. The van der Waals surface area contributed by atoms with Gasteiger partial charge >= 0.3 is 0 Å². The van der Waals surface area contributed by atoms with Gasteiger partial charge in [0, 0.05) is 30.0 Å². The summed E-state index contributed by atoms with van der Waals surface area (Å²) in [6.45, 7) is 4.41. The number of carbonyl (C=O) groups is 1. The molecule has 0 spiro atoms. The third-order valence-corrected chi connectivity index (χ3v) is 4.19. The molecule has 0 bridgehead atoms. The van der Waals surface area contributed by atoms with Crippen LogP contribution in [-0.2, 0) is 4.79 Å². The van der Waals surface area contributed by atoms with Crippen molar-refractivity contribution in [2.24, 2.45) is 5.92 Å². The number of benzene rings is 1. The zero-order valence-electron chi connectivity index (χ0n) is 11.2. The summed E-state index contributed by atoms with van der Waals surface area (Å²) in [6, 6.07) is 5.86. The van der Waals surface area contributed by atoms with E-state index in [-0.39, 0.29) is 5.91 Å². The first kappa shape index (κ1) is 12.5. The molecule has 2 aliphatic rings. The molecular formula is C15H20N2O2. The lowest BCUT2D eigenvalue weighted by molar-refractivity contribution is -0.123. The van der Waals surface area contributed by atoms with Crippen LogP contribution in [0.4, 0.5) is 11.4 Å². The van der Waals surface area contributed by atoms with Crippen molar-refractivity contribution >= 4 is 17.3 Å². The van der Waals surface area contributed by atoms with Crippen LogP contribution in [0.2, 0.25) is 0 Å². The highest BCUT2D eigenvalue weighted by molar-refractivity contribution is 6.02. The van der Waals surface area contributed by atoms with Crippen molar-refractivity contribution in [2.75, 3.05) is 23.3 Å². The Hall–Kier alpha value is -1.55. The number of amides is 1. The van der Waals surface area contributed by atoms with E-state index in [1.54, 1.807) is 0 Å². The van der Waals surface area contributed by atoms with Crippen molar-refractivity contribution in [3.8, 4) is 0 Å². The van der Waals surface area contributed by atoms with Crippen LogP contribution >= 0.6 is 0 Å². The molecule has 1 aromatic carbocycles. The maximum absolute atomic E-state index is 11.4. The Kier molecular flexibility index (Phi) is 3.19. The van der Waals surface area contributed by atoms with Crippen molar-refractivity contribution in [1.29, 1.82) is 0 Å². The second-order valence-electron chi connectivity index (χ2n) is 5.55. The van der Waals surface area contributed by atoms with Crippen LogP contribution in [0.25, 0.3) is 0 Å². The molecule has 19 heavy (non-hydrogen) atoms. The van der Waals surface area contributed by atoms with Crippen LogP contribution in [-0.4, -0.2) is 24.1 Å². The Morgan fingerprint density at radius 2 is 2.32 bits per heavy atom. The van der Waals surface area contributed by atoms with Gasteiger partial charge in [-0.3, -0.25) is 4.79 Å². The maximum Gasteiger partial charge on any atom is 0.257 e. The van der Waals surface area contributed by atoms with E-state index in [9.17, 15) is 9.90 Å². The molecule has 102 valence electrons. The average Bonchev–Trinajstić information content (AvgIpc) is 2.96. The summed E-state index contributed by atoms with van der Waals surface area (Å²) in [5.41, 5.74) is 2.60. The van der Waals surface area contributed by atoms with Crippen LogP contribution < -0.4 is 10.2 Å². The minimum absolute atomic E-state index is 0.322. The molecule has 2 aliphatic heterocycles. The Balaban J connectivity index is 1.77. The average molecular weight is 260 g/mol. The van der Waals surface area contributed by atoms with Gasteiger partial charge in [0.05, 0.1) is 0 Å². The molecule has 1 aromatic rings. The van der Waals surface area contributed by atoms with Crippen LogP contribution in [0.15, 0.2) is 18.2 Å². The van der Waals surface area contributed by atoms with Crippen molar-refractivity contribution in [3.63, 3.8) is 0 Å². The number of rotatable bonds is 3. The number of anilines is 2. The molecule has 0 aromatic heterocycles. The van der Waals surface area contributed by atoms with Crippen LogP contribution in [0, 0.1) is 5.92 Å². The smallest absolute Gasteiger partial charge is 0.257 e. The lowest BCUT2D eigenvalue weighted by Crippen LogP contribution is -2.19. The molecular weight excluding hydrogens is 240 g/mol. The quantitative estimate of drug-likeness (QED) is 0.876. The SMILES string of the molecule is CCCC1CCN(c2ccc3c(c2)NC(=O)C3O)C1. The minimum Gasteiger partial charge on any atom is -0.378 e. The van der Waals surface area contributed by atoms with Gasteiger partial charge in [-0.2, -0.15) is 0 Å². The molecule has 2 heterocycles. The van der Waals surface area contributed by atoms with Gasteiger partial charge in [-0.1, -0.05) is 19.4 Å². The highest BCUT2D eigenvalue weighted by Crippen LogP contribution is 2.35. The zero-order valence-corrected chi connectivity index (χ0v) is 11.2. The van der Waals surface area contributed by atoms with E-state index in [0.717, 1.165) is 30.4 Å². The number of aliphatic hydroxyl groups excluding tert-OH is 1. The number of fused-ring (bicyclic) bond motifs is 1. The molecule has 2 N–H and O–H groups in total. The third kappa shape index (κ3) is 2.21. The summed E-state index contributed by atoms with van der Waals surface area (Å²) >= 11 is 0. The Morgan fingerprint density at radius 1 is 1.47 bits per heavy atom. The third-order valence-electron chi connectivity index (χ3n) is 4.19. The standard InChI is InChI=1S/C15H20N2O2/c1-2-3-10-6-7-17(9-10)11-4-5-12-13(8-11)16-15(19)14(12)18/h4-5,8,10,14,18H,2-3,6-7,9H2,1H3,(H,16,19). The summed E-state index contributed by atoms with van der Waals surface area (Å²) in [6.07, 6.45) is 2.78. The summed E-state index contributed by atoms with van der Waals surface area (Å²) in [4.78, 5) is 13.8. The van der Waals surface area contributed by atoms with E-state index in [0.29, 0.717) is 5.56 Å². The van der Waals surface area contributed by atoms with E-state index in [1.807, 2.05) is 18.2 Å². The zero-order chi connectivity index (χ0) is 13.4. The minimum atomic E-state index is -1.00. The number of nitrogens with zero attached hydrogens (tertiary/aromatic N) is 1. The van der Waals surface area contributed by atoms with Crippen molar-refractivity contribution < 1.29 is 9.90 Å². The molecule has 1 saturated heterocycles. The van der Waals surface area contributed by atoms with Crippen LogP contribution in [0.5, 0.6) is 0 Å². The maximum atomic E-state index is 11.4. The molecule has 4 heteroatoms. The van der Waals surface area contributed by atoms with E-state index < -0.39 is 6.10 Å². The first-order valence-electron chi connectivity index (χ1n) is 7.07. The molecule has 0 aliphatic carbocycles. The molecule has 3 rings (SSSR count). The van der Waals surface area contributed by atoms with Crippen molar-refractivity contribution in [1.82, 2.24) is 0 Å². The van der Waals surface area contributed by atoms with Gasteiger partial charge in [0.1, 0.15) is 0 Å². The number of aliphatic hydroxyl groups is 1. The normalized spacial score (nSPS) is 25.6. The Morgan fingerprint density at radius 3 is 3.11 bits per heavy atom. The van der Waals surface area contributed by atoms with Gasteiger partial charge in [-0.15, -0.1) is 0 Å². The molecule has 2 unspecified atom stereocenters. The Labute approximate surface area is 113 Å². The molecule has 0 saturated carbocycles. The summed E-state index contributed by atoms with van der Waals surface area (Å²) in [5.74, 6) is 0.468. The molecule has 0 radical (unpaired) electrons. The van der Waals surface area contributed by atoms with E-state index in [4.69, 9.17) is 0 Å². The van der Waals surface area contributed by atoms with Gasteiger partial charge in [0.2, 0.25) is 0 Å². The second-order valence-corrected chi connectivity index (χ2v) is 5.55. The fourth-order valence-electron chi connectivity index (χ4n) is 3.14. The Bertz CT molecular complexity index is 501. The highest BCUT2D eigenvalue weighted by atomic mass is 16.3. The predicted molar refractivity (Wildman–Crippen MR) is 75.3 cm³/mol. The topological polar surface area (TPSA) is 52.6 Å². The number of hydrogen-bond donors (Lipinski definition) is 2. The van der Waals surface area contributed by atoms with Crippen LogP contribution in [0.3, 0.4) is 0 Å². The lowest BCUT2D eigenvalue weighted by atomic mass is 10.0. The van der Waals surface area contributed by atoms with Gasteiger partial charge in [0.15, 0.2) is 6.10 Å². The van der Waals surface area contributed by atoms with Crippen molar-refractivity contribution in [3.05, 3.63) is 23.8 Å². The summed E-state index contributed by atoms with van der Waals surface area (Å²) in [5, 5.41) is 12.4.